The van der Waals surface area contributed by atoms with Crippen molar-refractivity contribution >= 4 is 11.6 Å². The number of ether oxygens (including phenoxy) is 1. The van der Waals surface area contributed by atoms with Crippen molar-refractivity contribution in [3.63, 3.8) is 0 Å². The molecule has 0 aromatic heterocycles. The molecular formula is C11H15N3O2. The summed E-state index contributed by atoms with van der Waals surface area (Å²) in [4.78, 5) is 11.8. The molecule has 86 valence electrons. The number of rotatable bonds is 2. The minimum atomic E-state index is -0.130. The highest BCUT2D eigenvalue weighted by Crippen LogP contribution is 2.06. The van der Waals surface area contributed by atoms with Gasteiger partial charge in [0.1, 0.15) is 0 Å². The number of carbonyl (C=O) groups excluding carboxylic acids is 1. The van der Waals surface area contributed by atoms with Gasteiger partial charge in [0, 0.05) is 24.3 Å². The lowest BCUT2D eigenvalue weighted by Gasteiger charge is -2.26. The van der Waals surface area contributed by atoms with Crippen LogP contribution in [0.25, 0.3) is 0 Å². The first-order chi connectivity index (χ1) is 7.75. The van der Waals surface area contributed by atoms with Gasteiger partial charge in [0.2, 0.25) is 0 Å². The van der Waals surface area contributed by atoms with Crippen LogP contribution in [0.2, 0.25) is 0 Å². The number of hydrazine groups is 1. The van der Waals surface area contributed by atoms with Crippen LogP contribution in [0, 0.1) is 0 Å². The van der Waals surface area contributed by atoms with Gasteiger partial charge in [-0.25, -0.2) is 5.01 Å². The third-order valence-electron chi connectivity index (χ3n) is 2.42. The maximum absolute atomic E-state index is 11.8. The predicted molar refractivity (Wildman–Crippen MR) is 60.7 cm³/mol. The average Bonchev–Trinajstić information content (AvgIpc) is 2.30. The molecule has 5 heteroatoms. The molecule has 1 amide bonds. The zero-order chi connectivity index (χ0) is 11.4. The van der Waals surface area contributed by atoms with E-state index in [0.29, 0.717) is 37.6 Å². The first-order valence-corrected chi connectivity index (χ1v) is 5.25. The standard InChI is InChI=1S/C11H15N3O2/c12-10-3-1-2-9(8-10)11(15)13-14-4-6-16-7-5-14/h1-3,8H,4-7,12H2,(H,13,15). The van der Waals surface area contributed by atoms with E-state index in [4.69, 9.17) is 10.5 Å². The van der Waals surface area contributed by atoms with Crippen LogP contribution in [0.5, 0.6) is 0 Å². The van der Waals surface area contributed by atoms with E-state index in [1.807, 2.05) is 5.01 Å². The summed E-state index contributed by atoms with van der Waals surface area (Å²) in [5, 5.41) is 1.86. The SMILES string of the molecule is Nc1cccc(C(=O)NN2CCOCC2)c1. The zero-order valence-electron chi connectivity index (χ0n) is 8.98. The normalized spacial score (nSPS) is 17.0. The first-order valence-electron chi connectivity index (χ1n) is 5.25. The summed E-state index contributed by atoms with van der Waals surface area (Å²) < 4.78 is 5.19. The molecule has 0 saturated carbocycles. The molecule has 0 bridgehead atoms. The summed E-state index contributed by atoms with van der Waals surface area (Å²) in [6.45, 7) is 2.73. The van der Waals surface area contributed by atoms with Crippen LogP contribution in [0.1, 0.15) is 10.4 Å². The molecule has 5 nitrogen and oxygen atoms in total. The van der Waals surface area contributed by atoms with Crippen molar-refractivity contribution in [2.75, 3.05) is 32.0 Å². The number of nitrogens with zero attached hydrogens (tertiary/aromatic N) is 1. The van der Waals surface area contributed by atoms with Gasteiger partial charge in [0.05, 0.1) is 13.2 Å². The van der Waals surface area contributed by atoms with Crippen LogP contribution >= 0.6 is 0 Å². The van der Waals surface area contributed by atoms with Crippen LogP contribution in [-0.4, -0.2) is 37.2 Å². The van der Waals surface area contributed by atoms with Crippen molar-refractivity contribution in [3.8, 4) is 0 Å². The van der Waals surface area contributed by atoms with Crippen LogP contribution in [0.15, 0.2) is 24.3 Å². The predicted octanol–water partition coefficient (Wildman–Crippen LogP) is 0.246. The van der Waals surface area contributed by atoms with Crippen molar-refractivity contribution in [2.24, 2.45) is 0 Å². The number of hydrogen-bond donors (Lipinski definition) is 2. The molecule has 1 aliphatic heterocycles. The lowest BCUT2D eigenvalue weighted by Crippen LogP contribution is -2.48. The second-order valence-electron chi connectivity index (χ2n) is 3.67. The largest absolute Gasteiger partial charge is 0.399 e. The quantitative estimate of drug-likeness (QED) is 0.702. The Labute approximate surface area is 94.1 Å². The third kappa shape index (κ3) is 2.71. The Kier molecular flexibility index (Phi) is 3.38. The lowest BCUT2D eigenvalue weighted by molar-refractivity contribution is 0.0126. The Hall–Kier alpha value is -1.59. The number of anilines is 1. The lowest BCUT2D eigenvalue weighted by atomic mass is 10.2. The van der Waals surface area contributed by atoms with Gasteiger partial charge in [-0.2, -0.15) is 0 Å². The van der Waals surface area contributed by atoms with Crippen molar-refractivity contribution in [3.05, 3.63) is 29.8 Å². The fourth-order valence-corrected chi connectivity index (χ4v) is 1.56. The van der Waals surface area contributed by atoms with E-state index in [1.165, 1.54) is 0 Å². The van der Waals surface area contributed by atoms with E-state index in [0.717, 1.165) is 0 Å². The molecule has 2 rings (SSSR count). The van der Waals surface area contributed by atoms with Gasteiger partial charge < -0.3 is 10.5 Å². The van der Waals surface area contributed by atoms with Gasteiger partial charge >= 0.3 is 0 Å². The number of amides is 1. The van der Waals surface area contributed by atoms with Gasteiger partial charge in [0.25, 0.3) is 5.91 Å². The summed E-state index contributed by atoms with van der Waals surface area (Å²) in [6, 6.07) is 6.93. The monoisotopic (exact) mass is 221 g/mol. The number of carbonyl (C=O) groups is 1. The molecule has 0 spiro atoms. The number of benzene rings is 1. The molecule has 0 aliphatic carbocycles. The molecule has 0 unspecified atom stereocenters. The fourth-order valence-electron chi connectivity index (χ4n) is 1.56. The molecule has 1 aromatic rings. The molecular weight excluding hydrogens is 206 g/mol. The van der Waals surface area contributed by atoms with E-state index in [9.17, 15) is 4.79 Å². The summed E-state index contributed by atoms with van der Waals surface area (Å²) in [7, 11) is 0. The second kappa shape index (κ2) is 4.96. The fraction of sp³-hybridized carbons (Fsp3) is 0.364. The number of hydrogen-bond acceptors (Lipinski definition) is 4. The van der Waals surface area contributed by atoms with Gasteiger partial charge in [-0.3, -0.25) is 10.2 Å². The van der Waals surface area contributed by atoms with E-state index in [2.05, 4.69) is 5.43 Å². The van der Waals surface area contributed by atoms with Crippen molar-refractivity contribution in [1.82, 2.24) is 10.4 Å². The number of morpholine rings is 1. The van der Waals surface area contributed by atoms with E-state index < -0.39 is 0 Å². The molecule has 16 heavy (non-hydrogen) atoms. The first kappa shape index (κ1) is 10.9. The minimum absolute atomic E-state index is 0.130. The van der Waals surface area contributed by atoms with Gasteiger partial charge in [-0.1, -0.05) is 6.07 Å². The van der Waals surface area contributed by atoms with Gasteiger partial charge in [-0.05, 0) is 18.2 Å². The van der Waals surface area contributed by atoms with Crippen LogP contribution in [0.4, 0.5) is 5.69 Å². The smallest absolute Gasteiger partial charge is 0.265 e. The molecule has 1 aromatic carbocycles. The topological polar surface area (TPSA) is 67.6 Å². The summed E-state index contributed by atoms with van der Waals surface area (Å²) >= 11 is 0. The third-order valence-corrected chi connectivity index (χ3v) is 2.42. The van der Waals surface area contributed by atoms with Crippen LogP contribution < -0.4 is 11.2 Å². The van der Waals surface area contributed by atoms with E-state index in [-0.39, 0.29) is 5.91 Å². The number of nitrogens with two attached hydrogens (primary N) is 1. The molecule has 1 aliphatic rings. The number of nitrogen functional groups attached to an aromatic ring is 1. The highest BCUT2D eigenvalue weighted by molar-refractivity contribution is 5.94. The molecule has 1 fully saturated rings. The second-order valence-corrected chi connectivity index (χ2v) is 3.67. The van der Waals surface area contributed by atoms with Gasteiger partial charge in [-0.15, -0.1) is 0 Å². The Bertz CT molecular complexity index is 375. The molecule has 3 N–H and O–H groups in total. The molecule has 1 saturated heterocycles. The molecule has 0 atom stereocenters. The van der Waals surface area contributed by atoms with Crippen LogP contribution in [0.3, 0.4) is 0 Å². The van der Waals surface area contributed by atoms with Crippen molar-refractivity contribution in [1.29, 1.82) is 0 Å². The zero-order valence-corrected chi connectivity index (χ0v) is 8.98. The Morgan fingerprint density at radius 3 is 2.81 bits per heavy atom. The summed E-state index contributed by atoms with van der Waals surface area (Å²) in [5.74, 6) is -0.130. The summed E-state index contributed by atoms with van der Waals surface area (Å²) in [5.41, 5.74) is 9.60. The Morgan fingerprint density at radius 1 is 1.38 bits per heavy atom. The van der Waals surface area contributed by atoms with Crippen molar-refractivity contribution in [2.45, 2.75) is 0 Å². The highest BCUT2D eigenvalue weighted by Gasteiger charge is 2.13. The van der Waals surface area contributed by atoms with E-state index >= 15 is 0 Å². The Morgan fingerprint density at radius 2 is 2.12 bits per heavy atom. The minimum Gasteiger partial charge on any atom is -0.399 e. The average molecular weight is 221 g/mol. The van der Waals surface area contributed by atoms with Crippen molar-refractivity contribution < 1.29 is 9.53 Å². The molecule has 1 heterocycles. The molecule has 0 radical (unpaired) electrons. The maximum Gasteiger partial charge on any atom is 0.265 e. The summed E-state index contributed by atoms with van der Waals surface area (Å²) in [6.07, 6.45) is 0. The highest BCUT2D eigenvalue weighted by atomic mass is 16.5. The Balaban J connectivity index is 1.97. The van der Waals surface area contributed by atoms with E-state index in [1.54, 1.807) is 24.3 Å². The van der Waals surface area contributed by atoms with Gasteiger partial charge in [0.15, 0.2) is 0 Å². The number of nitrogens with one attached hydrogen (secondary N) is 1. The van der Waals surface area contributed by atoms with Crippen LogP contribution in [-0.2, 0) is 4.74 Å². The maximum atomic E-state index is 11.8.